The highest BCUT2D eigenvalue weighted by molar-refractivity contribution is 6.06. The van der Waals surface area contributed by atoms with Gasteiger partial charge in [-0.2, -0.15) is 0 Å². The van der Waals surface area contributed by atoms with Crippen LogP contribution in [-0.4, -0.2) is 5.71 Å². The Bertz CT molecular complexity index is 1060. The molecule has 0 bridgehead atoms. The third kappa shape index (κ3) is 12.4. The second-order valence-corrected chi connectivity index (χ2v) is 7.28. The van der Waals surface area contributed by atoms with Crippen molar-refractivity contribution in [1.29, 1.82) is 5.41 Å². The Hall–Kier alpha value is -3.65. The molecule has 0 unspecified atom stereocenters. The molecular formula is C33H44N2. The molecule has 0 heterocycles. The SMILES string of the molecule is C/C=C\C=C(/N)c1ccccc1C.CC.CC.Cc1ccccc1C/C=C\C(=N)c1ccccc1. The quantitative estimate of drug-likeness (QED) is 0.275. The molecule has 0 radical (unpaired) electrons. The first-order valence-electron chi connectivity index (χ1n) is 12.5. The molecule has 0 amide bonds. The number of benzene rings is 3. The van der Waals surface area contributed by atoms with Crippen molar-refractivity contribution in [2.45, 2.75) is 54.9 Å². The lowest BCUT2D eigenvalue weighted by molar-refractivity contribution is 1.21. The molecule has 0 atom stereocenters. The second kappa shape index (κ2) is 19.8. The van der Waals surface area contributed by atoms with Gasteiger partial charge in [-0.15, -0.1) is 0 Å². The molecule has 0 spiro atoms. The van der Waals surface area contributed by atoms with Gasteiger partial charge in [0.1, 0.15) is 0 Å². The average Bonchev–Trinajstić information content (AvgIpc) is 2.92. The highest BCUT2D eigenvalue weighted by Crippen LogP contribution is 2.13. The lowest BCUT2D eigenvalue weighted by atomic mass is 10.0. The lowest BCUT2D eigenvalue weighted by Crippen LogP contribution is -1.97. The van der Waals surface area contributed by atoms with E-state index in [1.165, 1.54) is 16.7 Å². The fourth-order valence-electron chi connectivity index (χ4n) is 3.04. The molecule has 0 aliphatic heterocycles. The fourth-order valence-corrected chi connectivity index (χ4v) is 3.04. The standard InChI is InChI=1S/C17H17N.C12H15N.2C2H6/c1-14-8-5-6-9-15(14)12-7-13-17(18)16-10-3-2-4-11-16;1-3-4-9-12(13)11-8-6-5-7-10(11)2;2*1-2/h2-11,13,18H,12H2,1H3;3-9H,13H2,1-2H3;2*1-2H3/b13-7-,18-17?;4-3-,12-9-;;. The molecule has 2 heteroatoms. The van der Waals surface area contributed by atoms with Crippen molar-refractivity contribution in [3.05, 3.63) is 137 Å². The molecule has 186 valence electrons. The van der Waals surface area contributed by atoms with Gasteiger partial charge >= 0.3 is 0 Å². The van der Waals surface area contributed by atoms with Crippen LogP contribution in [0.3, 0.4) is 0 Å². The molecule has 3 aromatic carbocycles. The number of nitrogens with two attached hydrogens (primary N) is 1. The summed E-state index contributed by atoms with van der Waals surface area (Å²) in [5, 5.41) is 7.96. The van der Waals surface area contributed by atoms with E-state index in [1.54, 1.807) is 0 Å². The monoisotopic (exact) mass is 468 g/mol. The minimum Gasteiger partial charge on any atom is -0.398 e. The van der Waals surface area contributed by atoms with Crippen molar-refractivity contribution in [2.75, 3.05) is 0 Å². The molecule has 0 aliphatic carbocycles. The van der Waals surface area contributed by atoms with E-state index in [9.17, 15) is 0 Å². The van der Waals surface area contributed by atoms with Crippen LogP contribution >= 0.6 is 0 Å². The minimum atomic E-state index is 0.559. The summed E-state index contributed by atoms with van der Waals surface area (Å²) in [7, 11) is 0. The third-order valence-electron chi connectivity index (χ3n) is 4.89. The summed E-state index contributed by atoms with van der Waals surface area (Å²) < 4.78 is 0. The summed E-state index contributed by atoms with van der Waals surface area (Å²) in [5.74, 6) is 0. The smallest absolute Gasteiger partial charge is 0.0609 e. The molecular weight excluding hydrogens is 424 g/mol. The zero-order chi connectivity index (χ0) is 26.5. The van der Waals surface area contributed by atoms with Crippen LogP contribution in [0.15, 0.2) is 109 Å². The van der Waals surface area contributed by atoms with Crippen LogP contribution in [0.4, 0.5) is 0 Å². The molecule has 3 rings (SSSR count). The Morgan fingerprint density at radius 1 is 0.771 bits per heavy atom. The zero-order valence-electron chi connectivity index (χ0n) is 22.7. The Morgan fingerprint density at radius 2 is 1.31 bits per heavy atom. The van der Waals surface area contributed by atoms with Crippen LogP contribution in [0.5, 0.6) is 0 Å². The predicted molar refractivity (Wildman–Crippen MR) is 158 cm³/mol. The number of nitrogens with one attached hydrogen (secondary N) is 1. The van der Waals surface area contributed by atoms with Gasteiger partial charge in [0.2, 0.25) is 0 Å². The van der Waals surface area contributed by atoms with Gasteiger partial charge < -0.3 is 11.1 Å². The van der Waals surface area contributed by atoms with Gasteiger partial charge in [0.05, 0.1) is 5.71 Å². The number of hydrogen-bond donors (Lipinski definition) is 2. The van der Waals surface area contributed by atoms with E-state index in [0.29, 0.717) is 5.71 Å². The summed E-state index contributed by atoms with van der Waals surface area (Å²) in [6, 6.07) is 26.3. The summed E-state index contributed by atoms with van der Waals surface area (Å²) in [6.45, 7) is 14.2. The summed E-state index contributed by atoms with van der Waals surface area (Å²) in [4.78, 5) is 0. The van der Waals surface area contributed by atoms with E-state index >= 15 is 0 Å². The summed E-state index contributed by atoms with van der Waals surface area (Å²) >= 11 is 0. The van der Waals surface area contributed by atoms with Gasteiger partial charge in [-0.05, 0) is 61.6 Å². The normalized spacial score (nSPS) is 10.4. The van der Waals surface area contributed by atoms with Crippen molar-refractivity contribution >= 4 is 11.4 Å². The zero-order valence-corrected chi connectivity index (χ0v) is 22.7. The third-order valence-corrected chi connectivity index (χ3v) is 4.89. The molecule has 0 fully saturated rings. The molecule has 3 N–H and O–H groups in total. The van der Waals surface area contributed by atoms with Crippen LogP contribution in [0.2, 0.25) is 0 Å². The maximum absolute atomic E-state index is 7.96. The van der Waals surface area contributed by atoms with E-state index in [4.69, 9.17) is 11.1 Å². The number of allylic oxidation sites excluding steroid dienone is 5. The predicted octanol–water partition coefficient (Wildman–Crippen LogP) is 9.08. The first-order valence-corrected chi connectivity index (χ1v) is 12.5. The summed E-state index contributed by atoms with van der Waals surface area (Å²) in [5.41, 5.74) is 13.2. The Labute approximate surface area is 214 Å². The molecule has 3 aromatic rings. The van der Waals surface area contributed by atoms with E-state index in [0.717, 1.165) is 23.2 Å². The van der Waals surface area contributed by atoms with Gasteiger partial charge in [0.15, 0.2) is 0 Å². The fraction of sp³-hybridized carbons (Fsp3) is 0.242. The van der Waals surface area contributed by atoms with Crippen LogP contribution < -0.4 is 5.73 Å². The molecule has 2 nitrogen and oxygen atoms in total. The highest BCUT2D eigenvalue weighted by Gasteiger charge is 1.98. The van der Waals surface area contributed by atoms with Crippen LogP contribution in [0.25, 0.3) is 5.70 Å². The first kappa shape index (κ1) is 31.4. The maximum atomic E-state index is 7.96. The van der Waals surface area contributed by atoms with E-state index in [2.05, 4.69) is 50.3 Å². The van der Waals surface area contributed by atoms with Gasteiger partial charge in [-0.3, -0.25) is 0 Å². The minimum absolute atomic E-state index is 0.559. The molecule has 0 saturated heterocycles. The molecule has 0 saturated carbocycles. The van der Waals surface area contributed by atoms with Crippen LogP contribution in [0, 0.1) is 19.3 Å². The van der Waals surface area contributed by atoms with Gasteiger partial charge in [-0.25, -0.2) is 0 Å². The second-order valence-electron chi connectivity index (χ2n) is 7.28. The topological polar surface area (TPSA) is 49.9 Å². The van der Waals surface area contributed by atoms with Gasteiger partial charge in [0.25, 0.3) is 0 Å². The largest absolute Gasteiger partial charge is 0.398 e. The van der Waals surface area contributed by atoms with Crippen molar-refractivity contribution in [1.82, 2.24) is 0 Å². The van der Waals surface area contributed by atoms with Crippen molar-refractivity contribution in [2.24, 2.45) is 5.73 Å². The number of aryl methyl sites for hydroxylation is 2. The lowest BCUT2D eigenvalue weighted by Gasteiger charge is -2.03. The number of hydrogen-bond acceptors (Lipinski definition) is 2. The Balaban J connectivity index is 0.000000602. The van der Waals surface area contributed by atoms with Gasteiger partial charge in [0, 0.05) is 11.3 Å². The van der Waals surface area contributed by atoms with Crippen molar-refractivity contribution in [3.63, 3.8) is 0 Å². The molecule has 35 heavy (non-hydrogen) atoms. The van der Waals surface area contributed by atoms with E-state index < -0.39 is 0 Å². The number of rotatable bonds is 6. The molecule has 0 aromatic heterocycles. The van der Waals surface area contributed by atoms with Crippen molar-refractivity contribution < 1.29 is 0 Å². The molecule has 0 aliphatic rings. The van der Waals surface area contributed by atoms with Crippen LogP contribution in [-0.2, 0) is 6.42 Å². The maximum Gasteiger partial charge on any atom is 0.0609 e. The first-order chi connectivity index (χ1) is 17.0. The van der Waals surface area contributed by atoms with Crippen LogP contribution in [0.1, 0.15) is 62.4 Å². The average molecular weight is 469 g/mol. The summed E-state index contributed by atoms with van der Waals surface area (Å²) in [6.07, 6.45) is 10.6. The van der Waals surface area contributed by atoms with E-state index in [-0.39, 0.29) is 0 Å². The van der Waals surface area contributed by atoms with Gasteiger partial charge in [-0.1, -0.05) is 125 Å². The van der Waals surface area contributed by atoms with E-state index in [1.807, 2.05) is 107 Å². The van der Waals surface area contributed by atoms with Crippen molar-refractivity contribution in [3.8, 4) is 0 Å². The Morgan fingerprint density at radius 3 is 1.89 bits per heavy atom. The Kier molecular flexibility index (Phi) is 17.7. The highest BCUT2D eigenvalue weighted by atomic mass is 14.6.